The minimum Gasteiger partial charge on any atom is -0.380 e. The summed E-state index contributed by atoms with van der Waals surface area (Å²) in [6, 6.07) is 13.0. The van der Waals surface area contributed by atoms with Gasteiger partial charge in [0.2, 0.25) is 5.91 Å². The van der Waals surface area contributed by atoms with E-state index in [2.05, 4.69) is 40.3 Å². The number of hydrogen-bond acceptors (Lipinski definition) is 4. The molecule has 0 bridgehead atoms. The summed E-state index contributed by atoms with van der Waals surface area (Å²) in [6.07, 6.45) is 5.18. The van der Waals surface area contributed by atoms with Gasteiger partial charge in [0.05, 0.1) is 13.2 Å². The van der Waals surface area contributed by atoms with Gasteiger partial charge in [0.15, 0.2) is 0 Å². The number of carbonyl (C=O) groups excluding carboxylic acids is 1. The highest BCUT2D eigenvalue weighted by molar-refractivity contribution is 5.76. The van der Waals surface area contributed by atoms with Gasteiger partial charge in [0.25, 0.3) is 0 Å². The van der Waals surface area contributed by atoms with Crippen LogP contribution in [0.2, 0.25) is 0 Å². The third-order valence-corrected chi connectivity index (χ3v) is 5.71. The monoisotopic (exact) mass is 368 g/mol. The molecule has 1 aromatic heterocycles. The number of fused-ring (bicyclic) bond motifs is 1. The van der Waals surface area contributed by atoms with Crippen LogP contribution in [-0.2, 0) is 22.6 Å². The zero-order valence-electron chi connectivity index (χ0n) is 15.7. The summed E-state index contributed by atoms with van der Waals surface area (Å²) in [4.78, 5) is 17.2. The summed E-state index contributed by atoms with van der Waals surface area (Å²) < 4.78 is 7.71. The lowest BCUT2D eigenvalue weighted by molar-refractivity contribution is -0.134. The van der Waals surface area contributed by atoms with Gasteiger partial charge in [0, 0.05) is 63.5 Å². The molecule has 2 aliphatic rings. The second kappa shape index (κ2) is 8.67. The van der Waals surface area contributed by atoms with Gasteiger partial charge >= 0.3 is 0 Å². The fraction of sp³-hybridized carbons (Fsp3) is 0.524. The summed E-state index contributed by atoms with van der Waals surface area (Å²) in [5, 5.41) is 4.18. The molecule has 2 aromatic rings. The lowest BCUT2D eigenvalue weighted by atomic mass is 9.91. The molecule has 0 unspecified atom stereocenters. The van der Waals surface area contributed by atoms with Crippen molar-refractivity contribution in [2.45, 2.75) is 32.0 Å². The maximum atomic E-state index is 12.7. The molecule has 27 heavy (non-hydrogen) atoms. The number of aromatic nitrogens is 2. The Morgan fingerprint density at radius 2 is 2.07 bits per heavy atom. The van der Waals surface area contributed by atoms with Crippen LogP contribution in [0.3, 0.4) is 0 Å². The maximum Gasteiger partial charge on any atom is 0.224 e. The molecule has 1 amide bonds. The highest BCUT2D eigenvalue weighted by Crippen LogP contribution is 2.27. The Kier molecular flexibility index (Phi) is 5.84. The lowest BCUT2D eigenvalue weighted by Gasteiger charge is -2.42. The highest BCUT2D eigenvalue weighted by atomic mass is 16.5. The Balaban J connectivity index is 1.36. The molecule has 144 valence electrons. The van der Waals surface area contributed by atoms with E-state index in [-0.39, 0.29) is 5.91 Å². The Labute approximate surface area is 160 Å². The van der Waals surface area contributed by atoms with Crippen LogP contribution in [0.4, 0.5) is 0 Å². The van der Waals surface area contributed by atoms with Crippen LogP contribution in [0.25, 0.3) is 0 Å². The molecule has 0 spiro atoms. The van der Waals surface area contributed by atoms with Crippen LogP contribution in [0, 0.1) is 5.92 Å². The number of rotatable bonds is 5. The van der Waals surface area contributed by atoms with Crippen molar-refractivity contribution >= 4 is 5.91 Å². The van der Waals surface area contributed by atoms with Crippen LogP contribution in [0.5, 0.6) is 0 Å². The first kappa shape index (κ1) is 18.2. The summed E-state index contributed by atoms with van der Waals surface area (Å²) >= 11 is 0. The first-order valence-corrected chi connectivity index (χ1v) is 9.90. The molecule has 6 nitrogen and oxygen atoms in total. The molecular weight excluding hydrogens is 340 g/mol. The van der Waals surface area contributed by atoms with Gasteiger partial charge in [-0.2, -0.15) is 5.10 Å². The van der Waals surface area contributed by atoms with E-state index in [1.165, 1.54) is 5.56 Å². The Bertz CT molecular complexity index is 719. The van der Waals surface area contributed by atoms with Gasteiger partial charge in [-0.15, -0.1) is 0 Å². The first-order valence-electron chi connectivity index (χ1n) is 9.90. The second-order valence-corrected chi connectivity index (χ2v) is 7.51. The number of likely N-dealkylation sites (tertiary alicyclic amines) is 1. The minimum atomic E-state index is 0.225. The summed E-state index contributed by atoms with van der Waals surface area (Å²) in [5.41, 5.74) is 1.34. The molecule has 2 saturated heterocycles. The van der Waals surface area contributed by atoms with Gasteiger partial charge in [0.1, 0.15) is 0 Å². The third-order valence-electron chi connectivity index (χ3n) is 5.71. The maximum absolute atomic E-state index is 12.7. The molecular formula is C21H28N4O2. The number of benzene rings is 1. The topological polar surface area (TPSA) is 50.6 Å². The van der Waals surface area contributed by atoms with Crippen LogP contribution in [0.1, 0.15) is 18.4 Å². The fourth-order valence-electron chi connectivity index (χ4n) is 4.29. The molecule has 6 heteroatoms. The molecule has 2 fully saturated rings. The summed E-state index contributed by atoms with van der Waals surface area (Å²) in [5.74, 6) is 0.612. The van der Waals surface area contributed by atoms with Crippen molar-refractivity contribution in [3.63, 3.8) is 0 Å². The van der Waals surface area contributed by atoms with E-state index in [1.54, 1.807) is 6.20 Å². The molecule has 0 N–H and O–H groups in total. The third kappa shape index (κ3) is 4.57. The summed E-state index contributed by atoms with van der Waals surface area (Å²) in [6.45, 7) is 5.72. The minimum absolute atomic E-state index is 0.225. The molecule has 0 saturated carbocycles. The largest absolute Gasteiger partial charge is 0.380 e. The van der Waals surface area contributed by atoms with Gasteiger partial charge in [-0.25, -0.2) is 0 Å². The molecule has 3 heterocycles. The summed E-state index contributed by atoms with van der Waals surface area (Å²) in [7, 11) is 0. The zero-order valence-corrected chi connectivity index (χ0v) is 15.7. The smallest absolute Gasteiger partial charge is 0.224 e. The van der Waals surface area contributed by atoms with Crippen molar-refractivity contribution in [1.82, 2.24) is 19.6 Å². The van der Waals surface area contributed by atoms with Crippen molar-refractivity contribution < 1.29 is 9.53 Å². The SMILES string of the molecule is O=C(CCn1cccn1)N1CC[C@@H]2[C@@H](COCCN2Cc2ccccc2)C1. The van der Waals surface area contributed by atoms with Gasteiger partial charge in [-0.3, -0.25) is 14.4 Å². The number of hydrogen-bond donors (Lipinski definition) is 0. The van der Waals surface area contributed by atoms with E-state index in [0.717, 1.165) is 45.8 Å². The molecule has 0 radical (unpaired) electrons. The Morgan fingerprint density at radius 3 is 2.89 bits per heavy atom. The molecule has 2 atom stereocenters. The molecule has 1 aromatic carbocycles. The van der Waals surface area contributed by atoms with Gasteiger partial charge in [-0.05, 0) is 18.1 Å². The van der Waals surface area contributed by atoms with Crippen molar-refractivity contribution in [3.05, 3.63) is 54.4 Å². The van der Waals surface area contributed by atoms with Crippen molar-refractivity contribution in [2.24, 2.45) is 5.92 Å². The van der Waals surface area contributed by atoms with E-state index in [4.69, 9.17) is 4.74 Å². The second-order valence-electron chi connectivity index (χ2n) is 7.51. The van der Waals surface area contributed by atoms with Crippen LogP contribution < -0.4 is 0 Å². The number of aryl methyl sites for hydroxylation is 1. The Hall–Kier alpha value is -2.18. The van der Waals surface area contributed by atoms with E-state index in [9.17, 15) is 4.79 Å². The average Bonchev–Trinajstić information content (AvgIpc) is 3.15. The number of amides is 1. The number of piperidine rings is 1. The van der Waals surface area contributed by atoms with Crippen molar-refractivity contribution in [1.29, 1.82) is 0 Å². The van der Waals surface area contributed by atoms with Crippen molar-refractivity contribution in [3.8, 4) is 0 Å². The predicted molar refractivity (Wildman–Crippen MR) is 103 cm³/mol. The Morgan fingerprint density at radius 1 is 1.19 bits per heavy atom. The van der Waals surface area contributed by atoms with E-state index >= 15 is 0 Å². The van der Waals surface area contributed by atoms with Crippen molar-refractivity contribution in [2.75, 3.05) is 32.8 Å². The van der Waals surface area contributed by atoms with E-state index in [1.807, 2.05) is 21.8 Å². The van der Waals surface area contributed by atoms with Gasteiger partial charge in [-0.1, -0.05) is 30.3 Å². The first-order chi connectivity index (χ1) is 13.3. The fourth-order valence-corrected chi connectivity index (χ4v) is 4.29. The quantitative estimate of drug-likeness (QED) is 0.810. The van der Waals surface area contributed by atoms with Crippen LogP contribution in [-0.4, -0.2) is 64.4 Å². The lowest BCUT2D eigenvalue weighted by Crippen LogP contribution is -2.52. The number of ether oxygens (including phenoxy) is 1. The van der Waals surface area contributed by atoms with E-state index in [0.29, 0.717) is 24.9 Å². The van der Waals surface area contributed by atoms with Crippen LogP contribution in [0.15, 0.2) is 48.8 Å². The van der Waals surface area contributed by atoms with E-state index < -0.39 is 0 Å². The zero-order chi connectivity index (χ0) is 18.5. The normalized spacial score (nSPS) is 23.6. The molecule has 2 aliphatic heterocycles. The van der Waals surface area contributed by atoms with Crippen LogP contribution >= 0.6 is 0 Å². The predicted octanol–water partition coefficient (Wildman–Crippen LogP) is 2.02. The molecule has 4 rings (SSSR count). The number of carbonyl (C=O) groups is 1. The number of nitrogens with zero attached hydrogens (tertiary/aromatic N) is 4. The standard InChI is InChI=1S/C21H28N4O2/c26-21(8-12-25-10-4-9-22-25)24-11-7-20-19(16-24)17-27-14-13-23(20)15-18-5-2-1-3-6-18/h1-6,9-10,19-20H,7-8,11-17H2/t19-,20-/m1/s1. The van der Waals surface area contributed by atoms with Gasteiger partial charge < -0.3 is 9.64 Å². The average molecular weight is 368 g/mol. The highest BCUT2D eigenvalue weighted by Gasteiger charge is 2.36. The molecule has 0 aliphatic carbocycles.